The van der Waals surface area contributed by atoms with E-state index in [0.717, 1.165) is 22.3 Å². The minimum atomic E-state index is -0.827. The van der Waals surface area contributed by atoms with Gasteiger partial charge >= 0.3 is 0 Å². The van der Waals surface area contributed by atoms with Crippen molar-refractivity contribution in [3.05, 3.63) is 104 Å². The summed E-state index contributed by atoms with van der Waals surface area (Å²) in [6.45, 7) is 10.5. The third kappa shape index (κ3) is 5.18. The number of hydrogen-bond donors (Lipinski definition) is 1. The number of hydrogen-bond acceptors (Lipinski definition) is 4. The first-order valence-electron chi connectivity index (χ1n) is 12.3. The van der Waals surface area contributed by atoms with Gasteiger partial charge in [-0.05, 0) is 53.6 Å². The fourth-order valence-corrected chi connectivity index (χ4v) is 5.37. The first kappa shape index (κ1) is 27.7. The fourth-order valence-electron chi connectivity index (χ4n) is 4.80. The zero-order chi connectivity index (χ0) is 27.9. The number of ether oxygens (including phenoxy) is 1. The number of aryl methyl sites for hydroxylation is 2. The number of methoxy groups -OCH3 is 1. The maximum absolute atomic E-state index is 13.5. The second kappa shape index (κ2) is 10.5. The molecular formula is C31H31Cl2NO4. The van der Waals surface area contributed by atoms with Crippen molar-refractivity contribution < 1.29 is 19.4 Å². The molecule has 0 radical (unpaired) electrons. The molecule has 38 heavy (non-hydrogen) atoms. The number of rotatable bonds is 5. The Morgan fingerprint density at radius 2 is 1.66 bits per heavy atom. The molecule has 3 aromatic rings. The standard InChI is InChI=1S/C31H31Cl2NO4/c1-17-7-8-18(2)20(13-17)16-34-26(19-9-11-21(12-10-19)31(3,4)5)25(28(36)30(34)37)27(35)23-14-22(32)15-24(33)29(23)38-6/h7-15,26,35H,16H2,1-6H3/b27-25+. The van der Waals surface area contributed by atoms with E-state index in [9.17, 15) is 14.7 Å². The van der Waals surface area contributed by atoms with Gasteiger partial charge in [0.05, 0.1) is 29.3 Å². The summed E-state index contributed by atoms with van der Waals surface area (Å²) in [5.41, 5.74) is 4.81. The summed E-state index contributed by atoms with van der Waals surface area (Å²) in [5.74, 6) is -1.70. The van der Waals surface area contributed by atoms with Crippen LogP contribution in [0.15, 0.2) is 60.2 Å². The molecule has 0 aliphatic carbocycles. The minimum absolute atomic E-state index is 0.0413. The van der Waals surface area contributed by atoms with E-state index in [0.29, 0.717) is 5.56 Å². The molecule has 7 heteroatoms. The number of aliphatic hydroxyl groups excluding tert-OH is 1. The Hall–Kier alpha value is -3.28. The van der Waals surface area contributed by atoms with Gasteiger partial charge in [0.1, 0.15) is 11.5 Å². The number of nitrogens with zero attached hydrogens (tertiary/aromatic N) is 1. The van der Waals surface area contributed by atoms with Gasteiger partial charge in [0.25, 0.3) is 11.7 Å². The molecule has 0 aromatic heterocycles. The maximum Gasteiger partial charge on any atom is 0.295 e. The molecule has 0 spiro atoms. The molecule has 3 aromatic carbocycles. The van der Waals surface area contributed by atoms with Crippen molar-refractivity contribution in [1.82, 2.24) is 4.90 Å². The lowest BCUT2D eigenvalue weighted by molar-refractivity contribution is -0.140. The highest BCUT2D eigenvalue weighted by Crippen LogP contribution is 2.44. The van der Waals surface area contributed by atoms with E-state index in [1.165, 1.54) is 24.1 Å². The van der Waals surface area contributed by atoms with Gasteiger partial charge in [-0.25, -0.2) is 0 Å². The summed E-state index contributed by atoms with van der Waals surface area (Å²) in [6.07, 6.45) is 0. The number of Topliss-reactive ketones (excluding diaryl/α,β-unsaturated/α-hetero) is 1. The Morgan fingerprint density at radius 3 is 2.26 bits per heavy atom. The van der Waals surface area contributed by atoms with Crippen molar-refractivity contribution in [3.63, 3.8) is 0 Å². The van der Waals surface area contributed by atoms with Gasteiger partial charge in [-0.3, -0.25) is 9.59 Å². The molecule has 0 bridgehead atoms. The van der Waals surface area contributed by atoms with Crippen molar-refractivity contribution in [3.8, 4) is 5.75 Å². The second-order valence-corrected chi connectivity index (χ2v) is 11.5. The molecule has 1 aliphatic rings. The summed E-state index contributed by atoms with van der Waals surface area (Å²) < 4.78 is 5.42. The van der Waals surface area contributed by atoms with E-state index in [1.807, 2.05) is 56.3 Å². The van der Waals surface area contributed by atoms with Crippen LogP contribution in [-0.2, 0) is 21.5 Å². The molecule has 1 aliphatic heterocycles. The molecule has 1 unspecified atom stereocenters. The van der Waals surface area contributed by atoms with E-state index in [2.05, 4.69) is 20.8 Å². The molecule has 198 valence electrons. The van der Waals surface area contributed by atoms with Crippen LogP contribution in [0.1, 0.15) is 60.2 Å². The Morgan fingerprint density at radius 1 is 1.00 bits per heavy atom. The number of amides is 1. The van der Waals surface area contributed by atoms with Gasteiger partial charge in [-0.1, -0.05) is 92.0 Å². The van der Waals surface area contributed by atoms with Crippen LogP contribution < -0.4 is 4.74 Å². The molecule has 1 fully saturated rings. The van der Waals surface area contributed by atoms with E-state index in [-0.39, 0.29) is 38.9 Å². The predicted molar refractivity (Wildman–Crippen MR) is 152 cm³/mol. The Bertz CT molecular complexity index is 1450. The Labute approximate surface area is 233 Å². The Balaban J connectivity index is 1.94. The molecule has 1 atom stereocenters. The molecule has 5 nitrogen and oxygen atoms in total. The number of likely N-dealkylation sites (tertiary alicyclic amines) is 1. The highest BCUT2D eigenvalue weighted by Gasteiger charge is 2.46. The van der Waals surface area contributed by atoms with E-state index < -0.39 is 23.5 Å². The quantitative estimate of drug-likeness (QED) is 0.202. The number of carbonyl (C=O) groups is 2. The van der Waals surface area contributed by atoms with Crippen LogP contribution in [-0.4, -0.2) is 28.8 Å². The highest BCUT2D eigenvalue weighted by atomic mass is 35.5. The number of carbonyl (C=O) groups excluding carboxylic acids is 2. The molecular weight excluding hydrogens is 521 g/mol. The molecule has 1 amide bonds. The van der Waals surface area contributed by atoms with Gasteiger partial charge in [0, 0.05) is 11.6 Å². The molecule has 0 saturated carbocycles. The van der Waals surface area contributed by atoms with Crippen molar-refractivity contribution in [2.45, 2.75) is 52.6 Å². The fraction of sp³-hybridized carbons (Fsp3) is 0.290. The summed E-state index contributed by atoms with van der Waals surface area (Å²) in [7, 11) is 1.41. The lowest BCUT2D eigenvalue weighted by Gasteiger charge is -2.27. The van der Waals surface area contributed by atoms with E-state index in [4.69, 9.17) is 27.9 Å². The van der Waals surface area contributed by atoms with Crippen LogP contribution >= 0.6 is 23.2 Å². The van der Waals surface area contributed by atoms with Crippen LogP contribution in [0.4, 0.5) is 0 Å². The summed E-state index contributed by atoms with van der Waals surface area (Å²) in [6, 6.07) is 15.9. The van der Waals surface area contributed by atoms with Crippen molar-refractivity contribution in [1.29, 1.82) is 0 Å². The van der Waals surface area contributed by atoms with Crippen LogP contribution in [0.2, 0.25) is 10.0 Å². The first-order chi connectivity index (χ1) is 17.8. The van der Waals surface area contributed by atoms with Gasteiger partial charge in [0.2, 0.25) is 0 Å². The number of ketones is 1. The third-order valence-electron chi connectivity index (χ3n) is 6.95. The zero-order valence-corrected chi connectivity index (χ0v) is 23.9. The zero-order valence-electron chi connectivity index (χ0n) is 22.4. The monoisotopic (exact) mass is 551 g/mol. The lowest BCUT2D eigenvalue weighted by atomic mass is 9.85. The van der Waals surface area contributed by atoms with Crippen molar-refractivity contribution >= 4 is 40.7 Å². The lowest BCUT2D eigenvalue weighted by Crippen LogP contribution is -2.29. The van der Waals surface area contributed by atoms with Crippen molar-refractivity contribution in [2.24, 2.45) is 0 Å². The summed E-state index contributed by atoms with van der Waals surface area (Å²) >= 11 is 12.6. The predicted octanol–water partition coefficient (Wildman–Crippen LogP) is 7.54. The maximum atomic E-state index is 13.5. The number of benzene rings is 3. The normalized spacial score (nSPS) is 17.3. The SMILES string of the molecule is COc1c(Cl)cc(Cl)cc1/C(O)=C1\C(=O)C(=O)N(Cc2cc(C)ccc2C)C1c1ccc(C(C)(C)C)cc1. The average Bonchev–Trinajstić information content (AvgIpc) is 3.10. The summed E-state index contributed by atoms with van der Waals surface area (Å²) in [5, 5.41) is 12.0. The van der Waals surface area contributed by atoms with Gasteiger partial charge in [-0.2, -0.15) is 0 Å². The van der Waals surface area contributed by atoms with E-state index >= 15 is 0 Å². The van der Waals surface area contributed by atoms with E-state index in [1.54, 1.807) is 0 Å². The van der Waals surface area contributed by atoms with Gasteiger partial charge < -0.3 is 14.7 Å². The largest absolute Gasteiger partial charge is 0.507 e. The molecule has 4 rings (SSSR count). The van der Waals surface area contributed by atoms with Crippen molar-refractivity contribution in [2.75, 3.05) is 7.11 Å². The number of aliphatic hydroxyl groups is 1. The minimum Gasteiger partial charge on any atom is -0.507 e. The summed E-state index contributed by atoms with van der Waals surface area (Å²) in [4.78, 5) is 28.5. The number of halogens is 2. The molecule has 1 heterocycles. The average molecular weight is 552 g/mol. The molecule has 1 N–H and O–H groups in total. The molecule has 1 saturated heterocycles. The van der Waals surface area contributed by atoms with Gasteiger partial charge in [0.15, 0.2) is 0 Å². The van der Waals surface area contributed by atoms with Gasteiger partial charge in [-0.15, -0.1) is 0 Å². The third-order valence-corrected chi connectivity index (χ3v) is 7.44. The van der Waals surface area contributed by atoms with Crippen LogP contribution in [0, 0.1) is 13.8 Å². The Kier molecular flexibility index (Phi) is 7.64. The highest BCUT2D eigenvalue weighted by molar-refractivity contribution is 6.46. The van der Waals surface area contributed by atoms with Crippen LogP contribution in [0.25, 0.3) is 5.76 Å². The van der Waals surface area contributed by atoms with Crippen LogP contribution in [0.3, 0.4) is 0 Å². The first-order valence-corrected chi connectivity index (χ1v) is 13.1. The smallest absolute Gasteiger partial charge is 0.295 e. The topological polar surface area (TPSA) is 66.8 Å². The second-order valence-electron chi connectivity index (χ2n) is 10.7. The van der Waals surface area contributed by atoms with Crippen LogP contribution in [0.5, 0.6) is 5.75 Å².